The molecule has 160 valence electrons. The Hall–Kier alpha value is -4.04. The third-order valence-corrected chi connectivity index (χ3v) is 5.93. The molecule has 3 aromatic carbocycles. The van der Waals surface area contributed by atoms with E-state index in [1.165, 1.54) is 17.0 Å². The molecular formula is C24H19N3O5. The number of carbonyl (C=O) groups is 2. The number of hydrogen-bond acceptors (Lipinski definition) is 6. The van der Waals surface area contributed by atoms with E-state index >= 15 is 0 Å². The predicted molar refractivity (Wildman–Crippen MR) is 117 cm³/mol. The molecule has 0 unspecified atom stereocenters. The van der Waals surface area contributed by atoms with Crippen molar-refractivity contribution in [3.8, 4) is 0 Å². The molecule has 5 rings (SSSR count). The molecule has 8 nitrogen and oxygen atoms in total. The number of nitro benzene ring substituents is 1. The maximum absolute atomic E-state index is 13.6. The number of hydrogen-bond donors (Lipinski definition) is 0. The van der Waals surface area contributed by atoms with Gasteiger partial charge in [0.05, 0.1) is 22.3 Å². The van der Waals surface area contributed by atoms with Crippen LogP contribution in [0.15, 0.2) is 78.9 Å². The van der Waals surface area contributed by atoms with Gasteiger partial charge in [-0.25, -0.2) is 9.96 Å². The third-order valence-electron chi connectivity index (χ3n) is 5.93. The van der Waals surface area contributed by atoms with Gasteiger partial charge in [-0.15, -0.1) is 0 Å². The van der Waals surface area contributed by atoms with Crippen LogP contribution in [-0.2, 0) is 14.4 Å². The molecule has 0 aliphatic carbocycles. The fourth-order valence-corrected chi connectivity index (χ4v) is 4.40. The summed E-state index contributed by atoms with van der Waals surface area (Å²) in [7, 11) is 0. The van der Waals surface area contributed by atoms with E-state index in [-0.39, 0.29) is 11.6 Å². The topological polar surface area (TPSA) is 93.0 Å². The molecule has 8 heteroatoms. The molecule has 0 aromatic heterocycles. The molecular weight excluding hydrogens is 410 g/mol. The van der Waals surface area contributed by atoms with Crippen LogP contribution in [0.4, 0.5) is 17.1 Å². The number of non-ortho nitro benzene ring substituents is 1. The second-order valence-electron chi connectivity index (χ2n) is 7.80. The molecule has 0 N–H and O–H groups in total. The van der Waals surface area contributed by atoms with Crippen molar-refractivity contribution in [1.82, 2.24) is 0 Å². The van der Waals surface area contributed by atoms with E-state index in [0.717, 1.165) is 5.56 Å². The number of para-hydroxylation sites is 2. The van der Waals surface area contributed by atoms with Crippen molar-refractivity contribution in [2.75, 3.05) is 9.96 Å². The molecule has 32 heavy (non-hydrogen) atoms. The third kappa shape index (κ3) is 3.04. The van der Waals surface area contributed by atoms with Crippen molar-refractivity contribution < 1.29 is 19.3 Å². The van der Waals surface area contributed by atoms with Crippen LogP contribution in [0.1, 0.15) is 17.2 Å². The standard InChI is InChI=1S/C24H19N3O5/c1-15-7-5-6-10-19(15)25-23(28)20-21(16-11-13-18(14-12-16)27(30)31)26(32-22(20)24(25)29)17-8-3-2-4-9-17/h2-14,20-22H,1H3/t20-,21+,22-/m1/s1. The van der Waals surface area contributed by atoms with E-state index in [9.17, 15) is 19.7 Å². The Labute approximate surface area is 183 Å². The van der Waals surface area contributed by atoms with Crippen LogP contribution in [0.2, 0.25) is 0 Å². The molecule has 0 bridgehead atoms. The second kappa shape index (κ2) is 7.58. The van der Waals surface area contributed by atoms with Crippen LogP contribution in [0, 0.1) is 23.0 Å². The molecule has 2 saturated heterocycles. The summed E-state index contributed by atoms with van der Waals surface area (Å²) in [6.07, 6.45) is -0.984. The summed E-state index contributed by atoms with van der Waals surface area (Å²) in [5.74, 6) is -1.56. The minimum absolute atomic E-state index is 0.0501. The van der Waals surface area contributed by atoms with Crippen LogP contribution >= 0.6 is 0 Å². The van der Waals surface area contributed by atoms with Crippen molar-refractivity contribution in [3.05, 3.63) is 100 Å². The van der Waals surface area contributed by atoms with Crippen molar-refractivity contribution in [1.29, 1.82) is 0 Å². The number of anilines is 2. The lowest BCUT2D eigenvalue weighted by Gasteiger charge is -2.29. The maximum atomic E-state index is 13.6. The average molecular weight is 429 g/mol. The Morgan fingerprint density at radius 1 is 0.875 bits per heavy atom. The molecule has 0 radical (unpaired) electrons. The van der Waals surface area contributed by atoms with Gasteiger partial charge >= 0.3 is 0 Å². The minimum Gasteiger partial charge on any atom is -0.273 e. The Morgan fingerprint density at radius 2 is 1.53 bits per heavy atom. The zero-order valence-corrected chi connectivity index (χ0v) is 17.1. The summed E-state index contributed by atoms with van der Waals surface area (Å²) in [6.45, 7) is 1.84. The summed E-state index contributed by atoms with van der Waals surface area (Å²) in [5.41, 5.74) is 2.63. The number of nitrogens with zero attached hydrogens (tertiary/aromatic N) is 3. The highest BCUT2D eigenvalue weighted by molar-refractivity contribution is 6.24. The highest BCUT2D eigenvalue weighted by Crippen LogP contribution is 2.48. The number of aryl methyl sites for hydroxylation is 1. The molecule has 2 aliphatic heterocycles. The lowest BCUT2D eigenvalue weighted by atomic mass is 9.90. The van der Waals surface area contributed by atoms with Crippen LogP contribution in [0.5, 0.6) is 0 Å². The molecule has 0 spiro atoms. The van der Waals surface area contributed by atoms with Gasteiger partial charge in [-0.3, -0.25) is 24.5 Å². The van der Waals surface area contributed by atoms with E-state index in [0.29, 0.717) is 16.9 Å². The summed E-state index contributed by atoms with van der Waals surface area (Å²) in [5, 5.41) is 12.7. The number of fused-ring (bicyclic) bond motifs is 1. The first-order valence-corrected chi connectivity index (χ1v) is 10.2. The Bertz CT molecular complexity index is 1210. The van der Waals surface area contributed by atoms with Crippen LogP contribution in [-0.4, -0.2) is 22.8 Å². The van der Waals surface area contributed by atoms with Gasteiger partial charge in [0.1, 0.15) is 5.92 Å². The summed E-state index contributed by atoms with van der Waals surface area (Å²) < 4.78 is 0. The van der Waals surface area contributed by atoms with Crippen molar-refractivity contribution in [2.24, 2.45) is 5.92 Å². The first-order chi connectivity index (χ1) is 15.5. The number of hydroxylamine groups is 1. The van der Waals surface area contributed by atoms with E-state index in [1.807, 2.05) is 49.4 Å². The van der Waals surface area contributed by atoms with E-state index in [2.05, 4.69) is 0 Å². The quantitative estimate of drug-likeness (QED) is 0.354. The SMILES string of the molecule is Cc1ccccc1N1C(=O)[C@H]2[C@@H](ON(c3ccccc3)[C@H]2c2ccc([N+](=O)[O-])cc2)C1=O. The maximum Gasteiger partial charge on any atom is 0.269 e. The Kier molecular flexibility index (Phi) is 4.71. The molecule has 2 amide bonds. The van der Waals surface area contributed by atoms with Gasteiger partial charge in [0.15, 0.2) is 6.10 Å². The highest BCUT2D eigenvalue weighted by atomic mass is 16.7. The van der Waals surface area contributed by atoms with Gasteiger partial charge in [-0.05, 0) is 36.2 Å². The van der Waals surface area contributed by atoms with E-state index < -0.39 is 28.9 Å². The van der Waals surface area contributed by atoms with E-state index in [1.54, 1.807) is 29.3 Å². The zero-order chi connectivity index (χ0) is 22.4. The summed E-state index contributed by atoms with van der Waals surface area (Å²) in [6, 6.07) is 21.8. The number of rotatable bonds is 4. The van der Waals surface area contributed by atoms with Crippen molar-refractivity contribution >= 4 is 28.9 Å². The number of imide groups is 1. The smallest absolute Gasteiger partial charge is 0.269 e. The van der Waals surface area contributed by atoms with Gasteiger partial charge in [0.25, 0.3) is 11.6 Å². The highest BCUT2D eigenvalue weighted by Gasteiger charge is 2.60. The Balaban J connectivity index is 1.59. The number of amides is 2. The first kappa shape index (κ1) is 19.9. The lowest BCUT2D eigenvalue weighted by molar-refractivity contribution is -0.384. The average Bonchev–Trinajstić information content (AvgIpc) is 3.31. The van der Waals surface area contributed by atoms with Gasteiger partial charge in [0, 0.05) is 12.1 Å². The number of benzene rings is 3. The van der Waals surface area contributed by atoms with E-state index in [4.69, 9.17) is 4.84 Å². The van der Waals surface area contributed by atoms with Gasteiger partial charge < -0.3 is 0 Å². The normalized spacial score (nSPS) is 22.3. The second-order valence-corrected chi connectivity index (χ2v) is 7.80. The van der Waals surface area contributed by atoms with Gasteiger partial charge in [0.2, 0.25) is 5.91 Å². The molecule has 2 fully saturated rings. The fourth-order valence-electron chi connectivity index (χ4n) is 4.40. The molecule has 3 aromatic rings. The molecule has 2 heterocycles. The number of carbonyl (C=O) groups excluding carboxylic acids is 2. The lowest BCUT2D eigenvalue weighted by Crippen LogP contribution is -2.37. The van der Waals surface area contributed by atoms with Crippen LogP contribution in [0.3, 0.4) is 0 Å². The van der Waals surface area contributed by atoms with Crippen molar-refractivity contribution in [2.45, 2.75) is 19.1 Å². The van der Waals surface area contributed by atoms with Crippen LogP contribution in [0.25, 0.3) is 0 Å². The Morgan fingerprint density at radius 3 is 2.19 bits per heavy atom. The molecule has 3 atom stereocenters. The molecule has 0 saturated carbocycles. The van der Waals surface area contributed by atoms with Gasteiger partial charge in [-0.2, -0.15) is 0 Å². The predicted octanol–water partition coefficient (Wildman–Crippen LogP) is 3.95. The summed E-state index contributed by atoms with van der Waals surface area (Å²) in [4.78, 5) is 44.8. The zero-order valence-electron chi connectivity index (χ0n) is 17.1. The monoisotopic (exact) mass is 429 g/mol. The number of nitro groups is 1. The molecule has 2 aliphatic rings. The van der Waals surface area contributed by atoms with Gasteiger partial charge in [-0.1, -0.05) is 48.5 Å². The summed E-state index contributed by atoms with van der Waals surface area (Å²) >= 11 is 0. The minimum atomic E-state index is -0.984. The first-order valence-electron chi connectivity index (χ1n) is 10.2. The largest absolute Gasteiger partial charge is 0.273 e. The van der Waals surface area contributed by atoms with Crippen LogP contribution < -0.4 is 9.96 Å². The fraction of sp³-hybridized carbons (Fsp3) is 0.167. The van der Waals surface area contributed by atoms with Crippen molar-refractivity contribution in [3.63, 3.8) is 0 Å².